The highest BCUT2D eigenvalue weighted by Gasteiger charge is 2.16. The van der Waals surface area contributed by atoms with Crippen LogP contribution in [0, 0.1) is 5.92 Å². The maximum absolute atomic E-state index is 12.1. The lowest BCUT2D eigenvalue weighted by molar-refractivity contribution is -0.139. The molecule has 5 heteroatoms. The van der Waals surface area contributed by atoms with Crippen molar-refractivity contribution in [2.45, 2.75) is 44.9 Å². The van der Waals surface area contributed by atoms with E-state index in [2.05, 4.69) is 5.32 Å². The molecule has 1 fully saturated rings. The molecule has 1 aromatic carbocycles. The minimum Gasteiger partial charge on any atom is -0.482 e. The van der Waals surface area contributed by atoms with Crippen LogP contribution < -0.4 is 10.1 Å². The first-order valence-electron chi connectivity index (χ1n) is 7.88. The molecule has 0 unspecified atom stereocenters. The van der Waals surface area contributed by atoms with Crippen LogP contribution in [0.4, 0.5) is 5.69 Å². The van der Waals surface area contributed by atoms with Crippen molar-refractivity contribution in [3.05, 3.63) is 24.3 Å². The van der Waals surface area contributed by atoms with E-state index < -0.39 is 5.97 Å². The summed E-state index contributed by atoms with van der Waals surface area (Å²) in [6.45, 7) is -0.389. The lowest BCUT2D eigenvalue weighted by Crippen LogP contribution is -2.16. The highest BCUT2D eigenvalue weighted by Crippen LogP contribution is 2.26. The van der Waals surface area contributed by atoms with E-state index in [0.29, 0.717) is 23.8 Å². The fraction of sp³-hybridized carbons (Fsp3) is 0.529. The molecule has 5 nitrogen and oxygen atoms in total. The van der Waals surface area contributed by atoms with Crippen LogP contribution in [0.3, 0.4) is 0 Å². The van der Waals surface area contributed by atoms with Gasteiger partial charge in [-0.2, -0.15) is 0 Å². The molecule has 0 radical (unpaired) electrons. The monoisotopic (exact) mass is 305 g/mol. The number of benzene rings is 1. The average molecular weight is 305 g/mol. The number of anilines is 1. The lowest BCUT2D eigenvalue weighted by Gasteiger charge is -2.14. The van der Waals surface area contributed by atoms with E-state index in [1.165, 1.54) is 25.7 Å². The maximum Gasteiger partial charge on any atom is 0.341 e. The second kappa shape index (κ2) is 8.41. The minimum atomic E-state index is -1.03. The number of carboxylic acid groups (broad SMARTS) is 1. The molecule has 0 aromatic heterocycles. The molecule has 0 bridgehead atoms. The summed E-state index contributed by atoms with van der Waals surface area (Å²) in [5.41, 5.74) is 0.640. The number of ether oxygens (including phenoxy) is 1. The Balaban J connectivity index is 1.85. The molecule has 120 valence electrons. The van der Waals surface area contributed by atoms with Gasteiger partial charge in [-0.05, 0) is 30.9 Å². The van der Waals surface area contributed by atoms with Crippen LogP contribution in [0.15, 0.2) is 24.3 Å². The third-order valence-corrected chi connectivity index (χ3v) is 3.93. The van der Waals surface area contributed by atoms with E-state index in [9.17, 15) is 9.59 Å². The highest BCUT2D eigenvalue weighted by atomic mass is 16.5. The van der Waals surface area contributed by atoms with Crippen molar-refractivity contribution in [1.29, 1.82) is 0 Å². The quantitative estimate of drug-likeness (QED) is 0.789. The summed E-state index contributed by atoms with van der Waals surface area (Å²) in [4.78, 5) is 22.6. The summed E-state index contributed by atoms with van der Waals surface area (Å²) in [7, 11) is 0. The van der Waals surface area contributed by atoms with Crippen LogP contribution in [-0.2, 0) is 9.59 Å². The molecule has 1 aromatic rings. The van der Waals surface area contributed by atoms with E-state index in [0.717, 1.165) is 12.8 Å². The molecule has 0 atom stereocenters. The van der Waals surface area contributed by atoms with Gasteiger partial charge in [0.2, 0.25) is 5.91 Å². The van der Waals surface area contributed by atoms with Gasteiger partial charge in [0.1, 0.15) is 5.75 Å². The number of carbonyl (C=O) groups is 2. The number of amides is 1. The molecular formula is C17H23NO4. The van der Waals surface area contributed by atoms with Crippen LogP contribution in [0.2, 0.25) is 0 Å². The van der Waals surface area contributed by atoms with Crippen molar-refractivity contribution >= 4 is 17.6 Å². The van der Waals surface area contributed by atoms with Gasteiger partial charge in [-0.15, -0.1) is 0 Å². The molecule has 1 aliphatic carbocycles. The maximum atomic E-state index is 12.1. The smallest absolute Gasteiger partial charge is 0.341 e. The van der Waals surface area contributed by atoms with Gasteiger partial charge in [0.05, 0.1) is 0 Å². The van der Waals surface area contributed by atoms with Crippen molar-refractivity contribution < 1.29 is 19.4 Å². The first-order valence-corrected chi connectivity index (χ1v) is 7.88. The molecule has 1 saturated carbocycles. The van der Waals surface area contributed by atoms with Gasteiger partial charge < -0.3 is 15.2 Å². The van der Waals surface area contributed by atoms with Crippen LogP contribution in [0.5, 0.6) is 5.75 Å². The fourth-order valence-corrected chi connectivity index (χ4v) is 2.85. The molecule has 1 aliphatic rings. The molecule has 1 amide bonds. The van der Waals surface area contributed by atoms with Gasteiger partial charge in [0.25, 0.3) is 0 Å². The zero-order valence-electron chi connectivity index (χ0n) is 12.7. The summed E-state index contributed by atoms with van der Waals surface area (Å²) in [6.07, 6.45) is 7.82. The summed E-state index contributed by atoms with van der Waals surface area (Å²) in [5, 5.41) is 11.5. The summed E-state index contributed by atoms with van der Waals surface area (Å²) in [5.74, 6) is -0.0892. The standard InChI is InChI=1S/C17H23NO4/c19-16(10-13-6-3-1-2-4-7-13)18-14-8-5-9-15(11-14)22-12-17(20)21/h5,8-9,11,13H,1-4,6-7,10,12H2,(H,18,19)(H,20,21). The molecule has 0 saturated heterocycles. The van der Waals surface area contributed by atoms with E-state index >= 15 is 0 Å². The molecule has 0 spiro atoms. The zero-order valence-corrected chi connectivity index (χ0v) is 12.7. The van der Waals surface area contributed by atoms with Crippen molar-refractivity contribution in [2.24, 2.45) is 5.92 Å². The Kier molecular flexibility index (Phi) is 6.25. The molecule has 2 N–H and O–H groups in total. The Hall–Kier alpha value is -2.04. The Morgan fingerprint density at radius 1 is 1.18 bits per heavy atom. The largest absolute Gasteiger partial charge is 0.482 e. The summed E-state index contributed by atoms with van der Waals surface area (Å²) >= 11 is 0. The van der Waals surface area contributed by atoms with E-state index in [1.807, 2.05) is 0 Å². The Bertz CT molecular complexity index is 507. The number of carbonyl (C=O) groups excluding carboxylic acids is 1. The number of hydrogen-bond donors (Lipinski definition) is 2. The third-order valence-electron chi connectivity index (χ3n) is 3.93. The van der Waals surface area contributed by atoms with Crippen molar-refractivity contribution in [3.8, 4) is 5.75 Å². The predicted molar refractivity (Wildman–Crippen MR) is 84.0 cm³/mol. The molecule has 0 heterocycles. The van der Waals surface area contributed by atoms with Crippen LogP contribution >= 0.6 is 0 Å². The third kappa shape index (κ3) is 5.76. The second-order valence-corrected chi connectivity index (χ2v) is 5.82. The van der Waals surface area contributed by atoms with Gasteiger partial charge in [-0.25, -0.2) is 4.79 Å². The van der Waals surface area contributed by atoms with Gasteiger partial charge in [0.15, 0.2) is 6.61 Å². The molecule has 2 rings (SSSR count). The minimum absolute atomic E-state index is 0.0160. The van der Waals surface area contributed by atoms with Gasteiger partial charge in [-0.3, -0.25) is 4.79 Å². The van der Waals surface area contributed by atoms with Crippen LogP contribution in [0.1, 0.15) is 44.9 Å². The van der Waals surface area contributed by atoms with Crippen molar-refractivity contribution in [2.75, 3.05) is 11.9 Å². The van der Waals surface area contributed by atoms with Crippen LogP contribution in [-0.4, -0.2) is 23.6 Å². The normalized spacial score (nSPS) is 15.8. The van der Waals surface area contributed by atoms with Gasteiger partial charge in [-0.1, -0.05) is 31.7 Å². The topological polar surface area (TPSA) is 75.6 Å². The SMILES string of the molecule is O=C(O)COc1cccc(NC(=O)CC2CCCCCC2)c1. The Morgan fingerprint density at radius 2 is 1.91 bits per heavy atom. The molecule has 0 aliphatic heterocycles. The van der Waals surface area contributed by atoms with Crippen LogP contribution in [0.25, 0.3) is 0 Å². The Morgan fingerprint density at radius 3 is 2.59 bits per heavy atom. The number of nitrogens with one attached hydrogen (secondary N) is 1. The van der Waals surface area contributed by atoms with Gasteiger partial charge >= 0.3 is 5.97 Å². The van der Waals surface area contributed by atoms with Crippen molar-refractivity contribution in [3.63, 3.8) is 0 Å². The number of rotatable bonds is 6. The number of hydrogen-bond acceptors (Lipinski definition) is 3. The summed E-state index contributed by atoms with van der Waals surface area (Å²) < 4.78 is 5.11. The first-order chi connectivity index (χ1) is 10.6. The Labute approximate surface area is 130 Å². The fourth-order valence-electron chi connectivity index (χ4n) is 2.85. The first kappa shape index (κ1) is 16.3. The second-order valence-electron chi connectivity index (χ2n) is 5.82. The zero-order chi connectivity index (χ0) is 15.8. The van der Waals surface area contributed by atoms with E-state index in [-0.39, 0.29) is 12.5 Å². The van der Waals surface area contributed by atoms with E-state index in [4.69, 9.17) is 9.84 Å². The average Bonchev–Trinajstić information content (AvgIpc) is 2.74. The van der Waals surface area contributed by atoms with Gasteiger partial charge in [0, 0.05) is 18.2 Å². The van der Waals surface area contributed by atoms with Crippen molar-refractivity contribution in [1.82, 2.24) is 0 Å². The highest BCUT2D eigenvalue weighted by molar-refractivity contribution is 5.91. The van der Waals surface area contributed by atoms with E-state index in [1.54, 1.807) is 24.3 Å². The summed E-state index contributed by atoms with van der Waals surface area (Å²) in [6, 6.07) is 6.83. The molecule has 22 heavy (non-hydrogen) atoms. The lowest BCUT2D eigenvalue weighted by atomic mass is 9.96. The number of carboxylic acids is 1. The molecular weight excluding hydrogens is 282 g/mol. The predicted octanol–water partition coefficient (Wildman–Crippen LogP) is 3.45. The number of aliphatic carboxylic acids is 1.